The molecule has 1 aromatic carbocycles. The van der Waals surface area contributed by atoms with Crippen molar-refractivity contribution < 1.29 is 24.8 Å². The Morgan fingerprint density at radius 3 is 2.70 bits per heavy atom. The number of ether oxygens (including phenoxy) is 2. The Morgan fingerprint density at radius 1 is 1.22 bits per heavy atom. The molecule has 0 bridgehead atoms. The van der Waals surface area contributed by atoms with Crippen molar-refractivity contribution in [2.75, 3.05) is 6.61 Å². The number of rotatable bonds is 4. The molecule has 124 valence electrons. The second kappa shape index (κ2) is 7.09. The zero-order valence-electron chi connectivity index (χ0n) is 12.0. The van der Waals surface area contributed by atoms with E-state index in [4.69, 9.17) is 9.47 Å². The van der Waals surface area contributed by atoms with E-state index >= 15 is 0 Å². The van der Waals surface area contributed by atoms with E-state index in [0.29, 0.717) is 11.4 Å². The second-order valence-corrected chi connectivity index (χ2v) is 6.45. The van der Waals surface area contributed by atoms with Gasteiger partial charge in [-0.3, -0.25) is 0 Å². The highest BCUT2D eigenvalue weighted by molar-refractivity contribution is 14.1. The molecule has 0 amide bonds. The highest BCUT2D eigenvalue weighted by atomic mass is 127. The van der Waals surface area contributed by atoms with Gasteiger partial charge < -0.3 is 24.8 Å². The van der Waals surface area contributed by atoms with Gasteiger partial charge in [0.1, 0.15) is 36.4 Å². The van der Waals surface area contributed by atoms with Crippen molar-refractivity contribution >= 4 is 22.6 Å². The lowest BCUT2D eigenvalue weighted by molar-refractivity contribution is -0.214. The standard InChI is InChI=1S/C14H16IN3O5/c15-8-1-3-10(4-2-8)22-6-9-5-18(17-16-9)14-13(21)12(20)11(19)7-23-14/h1-5,11-14,19-21H,6-7H2. The van der Waals surface area contributed by atoms with E-state index in [1.165, 1.54) is 4.68 Å². The third kappa shape index (κ3) is 3.80. The van der Waals surface area contributed by atoms with Crippen LogP contribution in [0.1, 0.15) is 11.9 Å². The topological polar surface area (TPSA) is 110 Å². The van der Waals surface area contributed by atoms with Crippen molar-refractivity contribution in [2.24, 2.45) is 0 Å². The molecular formula is C14H16IN3O5. The molecule has 1 aliphatic heterocycles. The van der Waals surface area contributed by atoms with Crippen LogP contribution in [0.3, 0.4) is 0 Å². The molecular weight excluding hydrogens is 417 g/mol. The van der Waals surface area contributed by atoms with Gasteiger partial charge in [-0.05, 0) is 46.9 Å². The fourth-order valence-electron chi connectivity index (χ4n) is 2.22. The lowest BCUT2D eigenvalue weighted by Gasteiger charge is -2.34. The predicted molar refractivity (Wildman–Crippen MR) is 86.5 cm³/mol. The van der Waals surface area contributed by atoms with Gasteiger partial charge in [0.25, 0.3) is 0 Å². The van der Waals surface area contributed by atoms with Crippen LogP contribution in [-0.2, 0) is 11.3 Å². The second-order valence-electron chi connectivity index (χ2n) is 5.20. The summed E-state index contributed by atoms with van der Waals surface area (Å²) in [5, 5.41) is 36.9. The number of benzene rings is 1. The summed E-state index contributed by atoms with van der Waals surface area (Å²) < 4.78 is 13.3. The van der Waals surface area contributed by atoms with Crippen LogP contribution in [0.15, 0.2) is 30.5 Å². The maximum atomic E-state index is 9.95. The van der Waals surface area contributed by atoms with E-state index in [9.17, 15) is 15.3 Å². The molecule has 2 aromatic rings. The highest BCUT2D eigenvalue weighted by Crippen LogP contribution is 2.23. The van der Waals surface area contributed by atoms with Crippen molar-refractivity contribution in [2.45, 2.75) is 31.1 Å². The average Bonchev–Trinajstić information content (AvgIpc) is 3.01. The van der Waals surface area contributed by atoms with Crippen LogP contribution >= 0.6 is 22.6 Å². The highest BCUT2D eigenvalue weighted by Gasteiger charge is 2.39. The minimum Gasteiger partial charge on any atom is -0.487 e. The Labute approximate surface area is 145 Å². The Hall–Kier alpha value is -1.27. The molecule has 4 atom stereocenters. The molecule has 1 fully saturated rings. The van der Waals surface area contributed by atoms with Gasteiger partial charge in [0.2, 0.25) is 0 Å². The molecule has 9 heteroatoms. The predicted octanol–water partition coefficient (Wildman–Crippen LogP) is 0.0732. The average molecular weight is 433 g/mol. The summed E-state index contributed by atoms with van der Waals surface area (Å²) in [5.41, 5.74) is 0.556. The number of aliphatic hydroxyl groups excluding tert-OH is 3. The SMILES string of the molecule is OC1COC(n2cc(COc3ccc(I)cc3)nn2)C(O)C1O. The molecule has 8 nitrogen and oxygen atoms in total. The lowest BCUT2D eigenvalue weighted by atomic mass is 10.0. The summed E-state index contributed by atoms with van der Waals surface area (Å²) in [4.78, 5) is 0. The van der Waals surface area contributed by atoms with Crippen molar-refractivity contribution in [1.29, 1.82) is 0 Å². The number of hydrogen-bond donors (Lipinski definition) is 3. The minimum atomic E-state index is -1.29. The fourth-order valence-corrected chi connectivity index (χ4v) is 2.58. The first-order chi connectivity index (χ1) is 11.0. The van der Waals surface area contributed by atoms with Crippen molar-refractivity contribution in [1.82, 2.24) is 15.0 Å². The monoisotopic (exact) mass is 433 g/mol. The van der Waals surface area contributed by atoms with Gasteiger partial charge in [0.05, 0.1) is 12.8 Å². The van der Waals surface area contributed by atoms with Crippen LogP contribution in [0.2, 0.25) is 0 Å². The summed E-state index contributed by atoms with van der Waals surface area (Å²) in [6.45, 7) is 0.131. The van der Waals surface area contributed by atoms with Crippen LogP contribution in [0, 0.1) is 3.57 Å². The van der Waals surface area contributed by atoms with Crippen LogP contribution in [-0.4, -0.2) is 55.2 Å². The Morgan fingerprint density at radius 2 is 1.96 bits per heavy atom. The molecule has 0 aliphatic carbocycles. The van der Waals surface area contributed by atoms with Crippen molar-refractivity contribution in [3.8, 4) is 5.75 Å². The first kappa shape index (κ1) is 16.6. The van der Waals surface area contributed by atoms with E-state index in [-0.39, 0.29) is 13.2 Å². The number of nitrogens with zero attached hydrogens (tertiary/aromatic N) is 3. The molecule has 3 rings (SSSR count). The van der Waals surface area contributed by atoms with Gasteiger partial charge in [-0.25, -0.2) is 4.68 Å². The summed E-state index contributed by atoms with van der Waals surface area (Å²) in [5.74, 6) is 0.715. The van der Waals surface area contributed by atoms with E-state index in [0.717, 1.165) is 3.57 Å². The summed E-state index contributed by atoms with van der Waals surface area (Å²) in [6.07, 6.45) is -3.01. The maximum absolute atomic E-state index is 9.95. The minimum absolute atomic E-state index is 0.0861. The van der Waals surface area contributed by atoms with Gasteiger partial charge in [0, 0.05) is 3.57 Å². The number of hydrogen-bond acceptors (Lipinski definition) is 7. The zero-order chi connectivity index (χ0) is 16.4. The molecule has 0 spiro atoms. The molecule has 1 aliphatic rings. The zero-order valence-corrected chi connectivity index (χ0v) is 14.1. The van der Waals surface area contributed by atoms with Gasteiger partial charge in [-0.15, -0.1) is 5.10 Å². The van der Waals surface area contributed by atoms with Gasteiger partial charge in [0.15, 0.2) is 6.23 Å². The summed E-state index contributed by atoms with van der Waals surface area (Å²) in [7, 11) is 0. The Balaban J connectivity index is 1.62. The van der Waals surface area contributed by atoms with Crippen molar-refractivity contribution in [3.63, 3.8) is 0 Å². The molecule has 4 unspecified atom stereocenters. The van der Waals surface area contributed by atoms with Crippen LogP contribution in [0.25, 0.3) is 0 Å². The third-order valence-electron chi connectivity index (χ3n) is 3.49. The van der Waals surface area contributed by atoms with Crippen LogP contribution in [0.4, 0.5) is 0 Å². The molecule has 0 saturated carbocycles. The van der Waals surface area contributed by atoms with E-state index in [1.807, 2.05) is 24.3 Å². The first-order valence-electron chi connectivity index (χ1n) is 6.99. The lowest BCUT2D eigenvalue weighted by Crippen LogP contribution is -2.50. The smallest absolute Gasteiger partial charge is 0.180 e. The first-order valence-corrected chi connectivity index (χ1v) is 8.07. The number of halogens is 1. The quantitative estimate of drug-likeness (QED) is 0.586. The summed E-state index contributed by atoms with van der Waals surface area (Å²) in [6, 6.07) is 7.59. The summed E-state index contributed by atoms with van der Waals surface area (Å²) >= 11 is 2.21. The molecule has 1 saturated heterocycles. The molecule has 0 radical (unpaired) electrons. The molecule has 1 aromatic heterocycles. The normalized spacial score (nSPS) is 27.8. The number of aromatic nitrogens is 3. The molecule has 2 heterocycles. The van der Waals surface area contributed by atoms with Gasteiger partial charge in [-0.1, -0.05) is 5.21 Å². The van der Waals surface area contributed by atoms with Crippen molar-refractivity contribution in [3.05, 3.63) is 39.7 Å². The van der Waals surface area contributed by atoms with Crippen LogP contribution in [0.5, 0.6) is 5.75 Å². The largest absolute Gasteiger partial charge is 0.487 e. The Bertz CT molecular complexity index is 650. The van der Waals surface area contributed by atoms with E-state index in [2.05, 4.69) is 32.9 Å². The van der Waals surface area contributed by atoms with E-state index in [1.54, 1.807) is 6.20 Å². The van der Waals surface area contributed by atoms with Gasteiger partial charge in [-0.2, -0.15) is 0 Å². The fraction of sp³-hybridized carbons (Fsp3) is 0.429. The maximum Gasteiger partial charge on any atom is 0.180 e. The molecule has 23 heavy (non-hydrogen) atoms. The Kier molecular flexibility index (Phi) is 5.11. The molecule has 3 N–H and O–H groups in total. The van der Waals surface area contributed by atoms with E-state index < -0.39 is 24.5 Å². The third-order valence-corrected chi connectivity index (χ3v) is 4.21. The number of aliphatic hydroxyl groups is 3. The van der Waals surface area contributed by atoms with Crippen LogP contribution < -0.4 is 4.74 Å². The van der Waals surface area contributed by atoms with Gasteiger partial charge >= 0.3 is 0 Å².